The van der Waals surface area contributed by atoms with Gasteiger partial charge in [0.25, 0.3) is 0 Å². The maximum absolute atomic E-state index is 10.8. The predicted molar refractivity (Wildman–Crippen MR) is 61.6 cm³/mol. The lowest BCUT2D eigenvalue weighted by atomic mass is 10.1. The van der Waals surface area contributed by atoms with Gasteiger partial charge in [0.1, 0.15) is 5.65 Å². The topological polar surface area (TPSA) is 67.2 Å². The first-order valence-corrected chi connectivity index (χ1v) is 4.96. The molecule has 2 heterocycles. The number of anilines is 1. The lowest BCUT2D eigenvalue weighted by Crippen LogP contribution is -2.00. The highest BCUT2D eigenvalue weighted by atomic mass is 16.4. The lowest BCUT2D eigenvalue weighted by Gasteiger charge is -2.03. The molecule has 0 aliphatic heterocycles. The van der Waals surface area contributed by atoms with Gasteiger partial charge >= 0.3 is 5.97 Å². The van der Waals surface area contributed by atoms with E-state index in [4.69, 9.17) is 5.11 Å². The van der Waals surface area contributed by atoms with Crippen LogP contribution in [0.3, 0.4) is 0 Å². The smallest absolute Gasteiger partial charge is 0.307 e. The zero-order valence-electron chi connectivity index (χ0n) is 9.19. The van der Waals surface area contributed by atoms with E-state index in [1.807, 2.05) is 30.9 Å². The van der Waals surface area contributed by atoms with Crippen LogP contribution in [0.1, 0.15) is 5.56 Å². The fourth-order valence-electron chi connectivity index (χ4n) is 1.90. The molecule has 0 atom stereocenters. The molecular formula is C11H13N3O2. The van der Waals surface area contributed by atoms with Crippen LogP contribution in [0.2, 0.25) is 0 Å². The number of aryl methyl sites for hydroxylation is 1. The van der Waals surface area contributed by atoms with Crippen molar-refractivity contribution in [2.75, 3.05) is 12.4 Å². The van der Waals surface area contributed by atoms with Crippen molar-refractivity contribution >= 4 is 22.7 Å². The summed E-state index contributed by atoms with van der Waals surface area (Å²) in [4.78, 5) is 15.0. The van der Waals surface area contributed by atoms with Crippen molar-refractivity contribution < 1.29 is 9.90 Å². The molecule has 2 aromatic heterocycles. The van der Waals surface area contributed by atoms with Crippen LogP contribution < -0.4 is 5.32 Å². The van der Waals surface area contributed by atoms with E-state index in [1.54, 1.807) is 6.20 Å². The summed E-state index contributed by atoms with van der Waals surface area (Å²) in [6.45, 7) is 0. The highest BCUT2D eigenvalue weighted by molar-refractivity contribution is 5.94. The molecule has 0 unspecified atom stereocenters. The molecule has 2 rings (SSSR count). The molecule has 0 bridgehead atoms. The molecule has 5 heteroatoms. The third-order valence-corrected chi connectivity index (χ3v) is 2.55. The zero-order valence-corrected chi connectivity index (χ0v) is 9.19. The van der Waals surface area contributed by atoms with E-state index in [-0.39, 0.29) is 6.42 Å². The van der Waals surface area contributed by atoms with Crippen LogP contribution in [0.15, 0.2) is 18.5 Å². The third kappa shape index (κ3) is 1.60. The first-order valence-electron chi connectivity index (χ1n) is 4.96. The largest absolute Gasteiger partial charge is 0.481 e. The molecule has 0 fully saturated rings. The van der Waals surface area contributed by atoms with Crippen molar-refractivity contribution in [2.45, 2.75) is 6.42 Å². The first kappa shape index (κ1) is 10.5. The number of hydrogen-bond donors (Lipinski definition) is 2. The molecule has 0 amide bonds. The quantitative estimate of drug-likeness (QED) is 0.815. The van der Waals surface area contributed by atoms with Crippen molar-refractivity contribution in [1.29, 1.82) is 0 Å². The van der Waals surface area contributed by atoms with E-state index in [9.17, 15) is 4.79 Å². The van der Waals surface area contributed by atoms with Crippen molar-refractivity contribution in [2.24, 2.45) is 7.05 Å². The van der Waals surface area contributed by atoms with Gasteiger partial charge in [0, 0.05) is 37.6 Å². The van der Waals surface area contributed by atoms with Crippen molar-refractivity contribution in [1.82, 2.24) is 9.55 Å². The Kier molecular flexibility index (Phi) is 2.52. The van der Waals surface area contributed by atoms with E-state index < -0.39 is 5.97 Å². The van der Waals surface area contributed by atoms with Gasteiger partial charge in [-0.15, -0.1) is 0 Å². The van der Waals surface area contributed by atoms with Crippen LogP contribution in [0, 0.1) is 0 Å². The number of rotatable bonds is 3. The second kappa shape index (κ2) is 3.84. The molecule has 16 heavy (non-hydrogen) atoms. The fraction of sp³-hybridized carbons (Fsp3) is 0.273. The average molecular weight is 219 g/mol. The minimum Gasteiger partial charge on any atom is -0.481 e. The summed E-state index contributed by atoms with van der Waals surface area (Å²) < 4.78 is 1.84. The SMILES string of the molecule is CNc1ccnc2c1c(CC(=O)O)cn2C. The summed E-state index contributed by atoms with van der Waals surface area (Å²) in [6, 6.07) is 1.84. The summed E-state index contributed by atoms with van der Waals surface area (Å²) in [6.07, 6.45) is 3.53. The van der Waals surface area contributed by atoms with Gasteiger partial charge in [0.05, 0.1) is 6.42 Å². The lowest BCUT2D eigenvalue weighted by molar-refractivity contribution is -0.136. The Labute approximate surface area is 92.7 Å². The molecule has 0 aliphatic rings. The Morgan fingerprint density at radius 2 is 2.38 bits per heavy atom. The monoisotopic (exact) mass is 219 g/mol. The molecule has 0 saturated heterocycles. The van der Waals surface area contributed by atoms with Crippen LogP contribution in [-0.2, 0) is 18.3 Å². The van der Waals surface area contributed by atoms with E-state index in [0.717, 1.165) is 22.3 Å². The molecular weight excluding hydrogens is 206 g/mol. The molecule has 5 nitrogen and oxygen atoms in total. The van der Waals surface area contributed by atoms with Gasteiger partial charge in [-0.3, -0.25) is 4.79 Å². The molecule has 0 aromatic carbocycles. The summed E-state index contributed by atoms with van der Waals surface area (Å²) in [5, 5.41) is 12.8. The molecule has 0 radical (unpaired) electrons. The van der Waals surface area contributed by atoms with Crippen LogP contribution in [0.25, 0.3) is 11.0 Å². The summed E-state index contributed by atoms with van der Waals surface area (Å²) in [7, 11) is 3.67. The second-order valence-electron chi connectivity index (χ2n) is 3.64. The molecule has 2 N–H and O–H groups in total. The number of aromatic nitrogens is 2. The van der Waals surface area contributed by atoms with Crippen molar-refractivity contribution in [3.63, 3.8) is 0 Å². The van der Waals surface area contributed by atoms with Gasteiger partial charge < -0.3 is 15.0 Å². The third-order valence-electron chi connectivity index (χ3n) is 2.55. The average Bonchev–Trinajstić information content (AvgIpc) is 2.55. The number of carbonyl (C=O) groups is 1. The van der Waals surface area contributed by atoms with Crippen LogP contribution in [-0.4, -0.2) is 27.7 Å². The number of fused-ring (bicyclic) bond motifs is 1. The van der Waals surface area contributed by atoms with E-state index in [1.165, 1.54) is 0 Å². The van der Waals surface area contributed by atoms with Gasteiger partial charge in [0.2, 0.25) is 0 Å². The van der Waals surface area contributed by atoms with E-state index >= 15 is 0 Å². The minimum atomic E-state index is -0.835. The molecule has 2 aromatic rings. The molecule has 0 spiro atoms. The normalized spacial score (nSPS) is 10.6. The first-order chi connectivity index (χ1) is 7.63. The number of aliphatic carboxylic acids is 1. The van der Waals surface area contributed by atoms with Gasteiger partial charge in [-0.05, 0) is 11.6 Å². The van der Waals surface area contributed by atoms with Crippen molar-refractivity contribution in [3.05, 3.63) is 24.0 Å². The van der Waals surface area contributed by atoms with Crippen LogP contribution >= 0.6 is 0 Å². The molecule has 0 aliphatic carbocycles. The van der Waals surface area contributed by atoms with Gasteiger partial charge in [-0.25, -0.2) is 4.98 Å². The Balaban J connectivity index is 2.69. The Morgan fingerprint density at radius 1 is 1.62 bits per heavy atom. The van der Waals surface area contributed by atoms with Gasteiger partial charge in [0.15, 0.2) is 0 Å². The highest BCUT2D eigenvalue weighted by Crippen LogP contribution is 2.26. The minimum absolute atomic E-state index is 0.0116. The number of carboxylic acid groups (broad SMARTS) is 1. The van der Waals surface area contributed by atoms with Crippen LogP contribution in [0.4, 0.5) is 5.69 Å². The molecule has 0 saturated carbocycles. The maximum atomic E-state index is 10.8. The number of hydrogen-bond acceptors (Lipinski definition) is 3. The van der Waals surface area contributed by atoms with E-state index in [0.29, 0.717) is 0 Å². The number of nitrogens with one attached hydrogen (secondary N) is 1. The van der Waals surface area contributed by atoms with E-state index in [2.05, 4.69) is 10.3 Å². The summed E-state index contributed by atoms with van der Waals surface area (Å²) in [5.41, 5.74) is 2.48. The fourth-order valence-corrected chi connectivity index (χ4v) is 1.90. The Morgan fingerprint density at radius 3 is 3.00 bits per heavy atom. The number of nitrogens with zero attached hydrogens (tertiary/aromatic N) is 2. The summed E-state index contributed by atoms with van der Waals surface area (Å²) in [5.74, 6) is -0.835. The Bertz CT molecular complexity index is 545. The Hall–Kier alpha value is -2.04. The zero-order chi connectivity index (χ0) is 11.7. The van der Waals surface area contributed by atoms with Crippen LogP contribution in [0.5, 0.6) is 0 Å². The second-order valence-corrected chi connectivity index (χ2v) is 3.64. The summed E-state index contributed by atoms with van der Waals surface area (Å²) >= 11 is 0. The molecule has 84 valence electrons. The number of carboxylic acids is 1. The van der Waals surface area contributed by atoms with Crippen molar-refractivity contribution in [3.8, 4) is 0 Å². The standard InChI is InChI=1S/C11H13N3O2/c1-12-8-3-4-13-11-10(8)7(5-9(15)16)6-14(11)2/h3-4,6H,5H2,1-2H3,(H,12,13)(H,15,16). The maximum Gasteiger partial charge on any atom is 0.307 e. The highest BCUT2D eigenvalue weighted by Gasteiger charge is 2.13. The predicted octanol–water partition coefficient (Wildman–Crippen LogP) is 1.24. The number of pyridine rings is 1. The van der Waals surface area contributed by atoms with Gasteiger partial charge in [-0.2, -0.15) is 0 Å². The van der Waals surface area contributed by atoms with Gasteiger partial charge in [-0.1, -0.05) is 0 Å².